The van der Waals surface area contributed by atoms with Crippen LogP contribution in [0.1, 0.15) is 31.2 Å². The Bertz CT molecular complexity index is 252. The van der Waals surface area contributed by atoms with Crippen LogP contribution in [0, 0.1) is 5.92 Å². The number of halogens is 2. The van der Waals surface area contributed by atoms with E-state index in [0.717, 1.165) is 10.2 Å². The van der Waals surface area contributed by atoms with Gasteiger partial charge in [-0.1, -0.05) is 20.3 Å². The van der Waals surface area contributed by atoms with E-state index in [4.69, 9.17) is 5.73 Å². The molecule has 1 heterocycles. The fraction of sp³-hybridized carbons (Fsp3) is 0.556. The minimum atomic E-state index is 0. The zero-order valence-corrected chi connectivity index (χ0v) is 11.0. The van der Waals surface area contributed by atoms with Gasteiger partial charge in [-0.15, -0.1) is 23.7 Å². The molecular formula is C9H15BrClNS. The van der Waals surface area contributed by atoms with Crippen LogP contribution in [0.5, 0.6) is 0 Å². The van der Waals surface area contributed by atoms with E-state index in [-0.39, 0.29) is 18.4 Å². The van der Waals surface area contributed by atoms with Gasteiger partial charge < -0.3 is 5.73 Å². The number of hydrogen-bond acceptors (Lipinski definition) is 2. The smallest absolute Gasteiger partial charge is 0.0701 e. The lowest BCUT2D eigenvalue weighted by molar-refractivity contribution is 0.462. The van der Waals surface area contributed by atoms with Crippen LogP contribution in [0.2, 0.25) is 0 Å². The molecule has 0 saturated carbocycles. The normalized spacial score (nSPS) is 14.8. The molecule has 0 aromatic carbocycles. The molecule has 76 valence electrons. The molecule has 0 aliphatic carbocycles. The van der Waals surface area contributed by atoms with Crippen LogP contribution < -0.4 is 5.73 Å². The monoisotopic (exact) mass is 283 g/mol. The summed E-state index contributed by atoms with van der Waals surface area (Å²) in [5, 5.41) is 0. The van der Waals surface area contributed by atoms with Crippen molar-refractivity contribution in [2.75, 3.05) is 0 Å². The number of nitrogens with two attached hydrogens (primary N) is 1. The third-order valence-electron chi connectivity index (χ3n) is 2.18. The maximum absolute atomic E-state index is 6.05. The Morgan fingerprint density at radius 3 is 2.54 bits per heavy atom. The summed E-state index contributed by atoms with van der Waals surface area (Å²) in [4.78, 5) is 1.27. The predicted octanol–water partition coefficient (Wildman–Crippen LogP) is 3.98. The van der Waals surface area contributed by atoms with Crippen LogP contribution in [0.3, 0.4) is 0 Å². The van der Waals surface area contributed by atoms with Crippen molar-refractivity contribution in [1.29, 1.82) is 0 Å². The van der Waals surface area contributed by atoms with Gasteiger partial charge in [0.2, 0.25) is 0 Å². The third kappa shape index (κ3) is 3.58. The second kappa shape index (κ2) is 6.02. The second-order valence-electron chi connectivity index (χ2n) is 3.05. The van der Waals surface area contributed by atoms with Crippen LogP contribution >= 0.6 is 39.7 Å². The topological polar surface area (TPSA) is 26.0 Å². The molecule has 13 heavy (non-hydrogen) atoms. The van der Waals surface area contributed by atoms with Crippen molar-refractivity contribution in [3.63, 3.8) is 0 Å². The van der Waals surface area contributed by atoms with Crippen molar-refractivity contribution >= 4 is 39.7 Å². The summed E-state index contributed by atoms with van der Waals surface area (Å²) < 4.78 is 1.16. The molecular weight excluding hydrogens is 270 g/mol. The molecule has 0 radical (unpaired) electrons. The highest BCUT2D eigenvalue weighted by molar-refractivity contribution is 9.11. The first-order valence-corrected chi connectivity index (χ1v) is 5.77. The standard InChI is InChI=1S/C9H14BrNS.ClH/c1-3-6(2)9(11)7-4-5-8(10)12-7;/h4-6,9H,3,11H2,1-2H3;1H/t6?,9-;/m1./s1. The predicted molar refractivity (Wildman–Crippen MR) is 65.7 cm³/mol. The summed E-state index contributed by atoms with van der Waals surface area (Å²) >= 11 is 5.17. The number of hydrogen-bond donors (Lipinski definition) is 1. The third-order valence-corrected chi connectivity index (χ3v) is 3.90. The van der Waals surface area contributed by atoms with E-state index in [2.05, 4.69) is 41.9 Å². The molecule has 0 fully saturated rings. The molecule has 1 unspecified atom stereocenters. The van der Waals surface area contributed by atoms with E-state index >= 15 is 0 Å². The van der Waals surface area contributed by atoms with E-state index in [1.54, 1.807) is 11.3 Å². The largest absolute Gasteiger partial charge is 0.323 e. The molecule has 1 rings (SSSR count). The Labute approximate surface area is 98.3 Å². The maximum atomic E-state index is 6.05. The van der Waals surface area contributed by atoms with Gasteiger partial charge in [-0.3, -0.25) is 0 Å². The molecule has 0 saturated heterocycles. The quantitative estimate of drug-likeness (QED) is 0.893. The fourth-order valence-corrected chi connectivity index (χ4v) is 2.60. The molecule has 0 aliphatic heterocycles. The van der Waals surface area contributed by atoms with Crippen molar-refractivity contribution < 1.29 is 0 Å². The van der Waals surface area contributed by atoms with Gasteiger partial charge in [-0.2, -0.15) is 0 Å². The number of rotatable bonds is 3. The molecule has 0 spiro atoms. The first-order chi connectivity index (χ1) is 5.65. The van der Waals surface area contributed by atoms with E-state index in [1.165, 1.54) is 4.88 Å². The first kappa shape index (κ1) is 13.4. The van der Waals surface area contributed by atoms with Crippen molar-refractivity contribution in [1.82, 2.24) is 0 Å². The van der Waals surface area contributed by atoms with E-state index in [1.807, 2.05) is 0 Å². The van der Waals surface area contributed by atoms with Crippen LogP contribution in [0.4, 0.5) is 0 Å². The zero-order valence-electron chi connectivity index (χ0n) is 7.79. The molecule has 1 aromatic rings. The van der Waals surface area contributed by atoms with Gasteiger partial charge in [-0.05, 0) is 34.0 Å². The molecule has 4 heteroatoms. The Morgan fingerprint density at radius 2 is 2.15 bits per heavy atom. The van der Waals surface area contributed by atoms with Gasteiger partial charge in [0, 0.05) is 10.9 Å². The minimum Gasteiger partial charge on any atom is -0.323 e. The Morgan fingerprint density at radius 1 is 1.54 bits per heavy atom. The van der Waals surface area contributed by atoms with Crippen LogP contribution in [-0.2, 0) is 0 Å². The summed E-state index contributed by atoms with van der Waals surface area (Å²) in [7, 11) is 0. The minimum absolute atomic E-state index is 0. The summed E-state index contributed by atoms with van der Waals surface area (Å²) in [6.07, 6.45) is 1.14. The fourth-order valence-electron chi connectivity index (χ4n) is 1.04. The highest BCUT2D eigenvalue weighted by atomic mass is 79.9. The lowest BCUT2D eigenvalue weighted by Crippen LogP contribution is -2.16. The molecule has 0 aliphatic rings. The summed E-state index contributed by atoms with van der Waals surface area (Å²) in [5.74, 6) is 0.565. The molecule has 0 bridgehead atoms. The van der Waals surface area contributed by atoms with Crippen molar-refractivity contribution in [2.45, 2.75) is 26.3 Å². The maximum Gasteiger partial charge on any atom is 0.0701 e. The zero-order chi connectivity index (χ0) is 9.14. The van der Waals surface area contributed by atoms with Gasteiger partial charge >= 0.3 is 0 Å². The molecule has 2 N–H and O–H groups in total. The van der Waals surface area contributed by atoms with Crippen LogP contribution in [0.25, 0.3) is 0 Å². The SMILES string of the molecule is CCC(C)[C@@H](N)c1ccc(Br)s1.Cl. The van der Waals surface area contributed by atoms with E-state index < -0.39 is 0 Å². The summed E-state index contributed by atoms with van der Waals surface area (Å²) in [5.41, 5.74) is 6.05. The summed E-state index contributed by atoms with van der Waals surface area (Å²) in [6, 6.07) is 4.36. The molecule has 0 amide bonds. The lowest BCUT2D eigenvalue weighted by atomic mass is 9.99. The van der Waals surface area contributed by atoms with Crippen molar-refractivity contribution in [3.8, 4) is 0 Å². The van der Waals surface area contributed by atoms with E-state index in [0.29, 0.717) is 5.92 Å². The lowest BCUT2D eigenvalue weighted by Gasteiger charge is -2.16. The van der Waals surface area contributed by atoms with Gasteiger partial charge in [0.15, 0.2) is 0 Å². The molecule has 2 atom stereocenters. The van der Waals surface area contributed by atoms with Gasteiger partial charge in [-0.25, -0.2) is 0 Å². The average Bonchev–Trinajstić information content (AvgIpc) is 2.49. The highest BCUT2D eigenvalue weighted by Crippen LogP contribution is 2.30. The first-order valence-electron chi connectivity index (χ1n) is 4.16. The Hall–Kier alpha value is 0.430. The van der Waals surface area contributed by atoms with Crippen molar-refractivity contribution in [2.24, 2.45) is 11.7 Å². The van der Waals surface area contributed by atoms with Gasteiger partial charge in [0.1, 0.15) is 0 Å². The van der Waals surface area contributed by atoms with E-state index in [9.17, 15) is 0 Å². The van der Waals surface area contributed by atoms with Crippen LogP contribution in [-0.4, -0.2) is 0 Å². The molecule has 1 aromatic heterocycles. The van der Waals surface area contributed by atoms with Gasteiger partial charge in [0.25, 0.3) is 0 Å². The Balaban J connectivity index is 0.00000144. The summed E-state index contributed by atoms with van der Waals surface area (Å²) in [6.45, 7) is 4.37. The average molecular weight is 285 g/mol. The van der Waals surface area contributed by atoms with Crippen molar-refractivity contribution in [3.05, 3.63) is 20.8 Å². The Kier molecular flexibility index (Phi) is 6.21. The number of thiophene rings is 1. The second-order valence-corrected chi connectivity index (χ2v) is 5.55. The van der Waals surface area contributed by atoms with Gasteiger partial charge in [0.05, 0.1) is 3.79 Å². The molecule has 1 nitrogen and oxygen atoms in total. The van der Waals surface area contributed by atoms with Crippen LogP contribution in [0.15, 0.2) is 15.9 Å². The highest BCUT2D eigenvalue weighted by Gasteiger charge is 2.14.